The van der Waals surface area contributed by atoms with Crippen LogP contribution in [0.1, 0.15) is 45.2 Å². The SMILES string of the molecule is CCCC(N)c1ccccc1OC(C)C. The van der Waals surface area contributed by atoms with Gasteiger partial charge in [0.15, 0.2) is 0 Å². The van der Waals surface area contributed by atoms with Crippen LogP contribution in [0.2, 0.25) is 0 Å². The van der Waals surface area contributed by atoms with Gasteiger partial charge in [-0.2, -0.15) is 0 Å². The zero-order chi connectivity index (χ0) is 11.3. The van der Waals surface area contributed by atoms with Crippen molar-refractivity contribution in [1.29, 1.82) is 0 Å². The predicted octanol–water partition coefficient (Wildman–Crippen LogP) is 3.27. The lowest BCUT2D eigenvalue weighted by Gasteiger charge is -2.18. The molecule has 1 atom stereocenters. The maximum absolute atomic E-state index is 6.10. The number of nitrogens with two attached hydrogens (primary N) is 1. The van der Waals surface area contributed by atoms with Gasteiger partial charge in [-0.05, 0) is 26.3 Å². The summed E-state index contributed by atoms with van der Waals surface area (Å²) in [7, 11) is 0. The Morgan fingerprint density at radius 3 is 2.53 bits per heavy atom. The van der Waals surface area contributed by atoms with E-state index in [0.717, 1.165) is 24.2 Å². The van der Waals surface area contributed by atoms with Gasteiger partial charge in [0, 0.05) is 11.6 Å². The molecule has 0 saturated heterocycles. The summed E-state index contributed by atoms with van der Waals surface area (Å²) in [6, 6.07) is 8.13. The fraction of sp³-hybridized carbons (Fsp3) is 0.538. The van der Waals surface area contributed by atoms with Crippen molar-refractivity contribution in [2.75, 3.05) is 0 Å². The van der Waals surface area contributed by atoms with Crippen LogP contribution < -0.4 is 10.5 Å². The Kier molecular flexibility index (Phi) is 4.63. The van der Waals surface area contributed by atoms with Gasteiger partial charge in [-0.3, -0.25) is 0 Å². The van der Waals surface area contributed by atoms with Crippen LogP contribution in [0.25, 0.3) is 0 Å². The first-order valence-electron chi connectivity index (χ1n) is 5.66. The second kappa shape index (κ2) is 5.76. The van der Waals surface area contributed by atoms with Gasteiger partial charge >= 0.3 is 0 Å². The molecule has 1 unspecified atom stereocenters. The highest BCUT2D eigenvalue weighted by atomic mass is 16.5. The van der Waals surface area contributed by atoms with Crippen LogP contribution in [0, 0.1) is 0 Å². The molecule has 0 aliphatic rings. The first-order chi connectivity index (χ1) is 7.15. The third kappa shape index (κ3) is 3.56. The lowest BCUT2D eigenvalue weighted by Crippen LogP contribution is -2.14. The molecule has 0 spiro atoms. The Morgan fingerprint density at radius 2 is 1.93 bits per heavy atom. The molecule has 84 valence electrons. The van der Waals surface area contributed by atoms with Gasteiger partial charge in [0.1, 0.15) is 5.75 Å². The molecule has 0 amide bonds. The average molecular weight is 207 g/mol. The van der Waals surface area contributed by atoms with Crippen LogP contribution >= 0.6 is 0 Å². The predicted molar refractivity (Wildman–Crippen MR) is 64.0 cm³/mol. The van der Waals surface area contributed by atoms with Crippen molar-refractivity contribution in [3.63, 3.8) is 0 Å². The Bertz CT molecular complexity index is 296. The van der Waals surface area contributed by atoms with E-state index in [9.17, 15) is 0 Å². The molecule has 2 nitrogen and oxygen atoms in total. The average Bonchev–Trinajstić information content (AvgIpc) is 2.18. The van der Waals surface area contributed by atoms with Crippen LogP contribution in [0.5, 0.6) is 5.75 Å². The zero-order valence-electron chi connectivity index (χ0n) is 9.86. The molecule has 2 N–H and O–H groups in total. The Morgan fingerprint density at radius 1 is 1.27 bits per heavy atom. The number of ether oxygens (including phenoxy) is 1. The van der Waals surface area contributed by atoms with E-state index in [1.807, 2.05) is 32.0 Å². The third-order valence-corrected chi connectivity index (χ3v) is 2.28. The number of para-hydroxylation sites is 1. The van der Waals surface area contributed by atoms with Crippen molar-refractivity contribution in [3.05, 3.63) is 29.8 Å². The monoisotopic (exact) mass is 207 g/mol. The van der Waals surface area contributed by atoms with Gasteiger partial charge in [0.05, 0.1) is 6.10 Å². The zero-order valence-corrected chi connectivity index (χ0v) is 9.86. The summed E-state index contributed by atoms with van der Waals surface area (Å²) >= 11 is 0. The maximum atomic E-state index is 6.10. The number of rotatable bonds is 5. The van der Waals surface area contributed by atoms with E-state index in [2.05, 4.69) is 13.0 Å². The minimum Gasteiger partial charge on any atom is -0.491 e. The molecular weight excluding hydrogens is 186 g/mol. The lowest BCUT2D eigenvalue weighted by atomic mass is 10.0. The maximum Gasteiger partial charge on any atom is 0.124 e. The molecule has 0 aliphatic carbocycles. The minimum atomic E-state index is 0.0879. The normalized spacial score (nSPS) is 12.9. The second-order valence-corrected chi connectivity index (χ2v) is 4.10. The summed E-state index contributed by atoms with van der Waals surface area (Å²) < 4.78 is 5.73. The van der Waals surface area contributed by atoms with Gasteiger partial charge in [0.25, 0.3) is 0 Å². The highest BCUT2D eigenvalue weighted by molar-refractivity contribution is 5.35. The molecule has 1 rings (SSSR count). The van der Waals surface area contributed by atoms with Crippen LogP contribution in [0.4, 0.5) is 0 Å². The molecular formula is C13H21NO. The van der Waals surface area contributed by atoms with E-state index in [-0.39, 0.29) is 12.1 Å². The van der Waals surface area contributed by atoms with Gasteiger partial charge in [0.2, 0.25) is 0 Å². The van der Waals surface area contributed by atoms with Crippen molar-refractivity contribution in [3.8, 4) is 5.75 Å². The number of benzene rings is 1. The molecule has 2 heteroatoms. The van der Waals surface area contributed by atoms with Gasteiger partial charge in [-0.25, -0.2) is 0 Å². The molecule has 0 radical (unpaired) electrons. The van der Waals surface area contributed by atoms with E-state index in [1.54, 1.807) is 0 Å². The van der Waals surface area contributed by atoms with Crippen molar-refractivity contribution in [2.24, 2.45) is 5.73 Å². The largest absolute Gasteiger partial charge is 0.491 e. The molecule has 0 bridgehead atoms. The van der Waals surface area contributed by atoms with Crippen LogP contribution in [-0.4, -0.2) is 6.10 Å². The quantitative estimate of drug-likeness (QED) is 0.804. The summed E-state index contributed by atoms with van der Waals surface area (Å²) in [6.07, 6.45) is 2.29. The van der Waals surface area contributed by atoms with Crippen molar-refractivity contribution in [1.82, 2.24) is 0 Å². The van der Waals surface area contributed by atoms with Gasteiger partial charge in [-0.15, -0.1) is 0 Å². The summed E-state index contributed by atoms with van der Waals surface area (Å²) in [5.74, 6) is 0.924. The van der Waals surface area contributed by atoms with Crippen LogP contribution in [0.3, 0.4) is 0 Å². The lowest BCUT2D eigenvalue weighted by molar-refractivity contribution is 0.238. The minimum absolute atomic E-state index is 0.0879. The molecule has 0 saturated carbocycles. The van der Waals surface area contributed by atoms with Gasteiger partial charge < -0.3 is 10.5 Å². The fourth-order valence-corrected chi connectivity index (χ4v) is 1.61. The Labute approximate surface area is 92.4 Å². The summed E-state index contributed by atoms with van der Waals surface area (Å²) in [5, 5.41) is 0. The first-order valence-corrected chi connectivity index (χ1v) is 5.66. The summed E-state index contributed by atoms with van der Waals surface area (Å²) in [4.78, 5) is 0. The van der Waals surface area contributed by atoms with E-state index < -0.39 is 0 Å². The number of hydrogen-bond acceptors (Lipinski definition) is 2. The van der Waals surface area contributed by atoms with Crippen LogP contribution in [-0.2, 0) is 0 Å². The van der Waals surface area contributed by atoms with Crippen molar-refractivity contribution < 1.29 is 4.74 Å². The molecule has 1 aromatic carbocycles. The second-order valence-electron chi connectivity index (χ2n) is 4.10. The summed E-state index contributed by atoms with van der Waals surface area (Å²) in [6.45, 7) is 6.20. The van der Waals surface area contributed by atoms with E-state index in [0.29, 0.717) is 0 Å². The molecule has 0 fully saturated rings. The smallest absolute Gasteiger partial charge is 0.124 e. The molecule has 1 aromatic rings. The Balaban J connectivity index is 2.85. The molecule has 0 aromatic heterocycles. The van der Waals surface area contributed by atoms with E-state index in [1.165, 1.54) is 0 Å². The van der Waals surface area contributed by atoms with E-state index in [4.69, 9.17) is 10.5 Å². The van der Waals surface area contributed by atoms with E-state index >= 15 is 0 Å². The highest BCUT2D eigenvalue weighted by Gasteiger charge is 2.11. The fourth-order valence-electron chi connectivity index (χ4n) is 1.61. The standard InChI is InChI=1S/C13H21NO/c1-4-7-12(14)11-8-5-6-9-13(11)15-10(2)3/h5-6,8-10,12H,4,7,14H2,1-3H3. The van der Waals surface area contributed by atoms with Gasteiger partial charge in [-0.1, -0.05) is 31.5 Å². The number of hydrogen-bond donors (Lipinski definition) is 1. The molecule has 0 aliphatic heterocycles. The van der Waals surface area contributed by atoms with Crippen molar-refractivity contribution >= 4 is 0 Å². The highest BCUT2D eigenvalue weighted by Crippen LogP contribution is 2.26. The first kappa shape index (κ1) is 12.1. The van der Waals surface area contributed by atoms with Crippen LogP contribution in [0.15, 0.2) is 24.3 Å². The Hall–Kier alpha value is -1.02. The summed E-state index contributed by atoms with van der Waals surface area (Å²) in [5.41, 5.74) is 7.22. The topological polar surface area (TPSA) is 35.2 Å². The third-order valence-electron chi connectivity index (χ3n) is 2.28. The van der Waals surface area contributed by atoms with Crippen molar-refractivity contribution in [2.45, 2.75) is 45.8 Å². The molecule has 0 heterocycles. The molecule has 15 heavy (non-hydrogen) atoms.